The number of amides is 2. The Kier molecular flexibility index (Phi) is 4.68. The molecule has 0 saturated heterocycles. The third-order valence-electron chi connectivity index (χ3n) is 4.07. The summed E-state index contributed by atoms with van der Waals surface area (Å²) in [7, 11) is 2.88. The summed E-state index contributed by atoms with van der Waals surface area (Å²) in [6.45, 7) is 1.64. The Morgan fingerprint density at radius 1 is 1.26 bits per heavy atom. The fourth-order valence-corrected chi connectivity index (χ4v) is 2.59. The van der Waals surface area contributed by atoms with Gasteiger partial charge >= 0.3 is 5.69 Å². The van der Waals surface area contributed by atoms with E-state index in [-0.39, 0.29) is 11.5 Å². The number of hydrogen-bond donors (Lipinski definition) is 2. The molecule has 2 amide bonds. The van der Waals surface area contributed by atoms with Crippen molar-refractivity contribution in [1.29, 1.82) is 0 Å². The summed E-state index contributed by atoms with van der Waals surface area (Å²) in [5.41, 5.74) is 0.177. The lowest BCUT2D eigenvalue weighted by molar-refractivity contribution is -0.122. The smallest absolute Gasteiger partial charge is 0.330 e. The van der Waals surface area contributed by atoms with E-state index in [2.05, 4.69) is 10.6 Å². The third-order valence-corrected chi connectivity index (χ3v) is 4.07. The number of benzene rings is 1. The van der Waals surface area contributed by atoms with E-state index in [1.54, 1.807) is 25.1 Å². The molecule has 1 aromatic carbocycles. The first kappa shape index (κ1) is 18.2. The molecule has 3 rings (SSSR count). The molecule has 0 spiro atoms. The molecule has 0 radical (unpaired) electrons. The summed E-state index contributed by atoms with van der Waals surface area (Å²) in [4.78, 5) is 47.5. The van der Waals surface area contributed by atoms with Gasteiger partial charge in [-0.15, -0.1) is 0 Å². The molecule has 1 aliphatic heterocycles. The van der Waals surface area contributed by atoms with Crippen molar-refractivity contribution in [3.63, 3.8) is 0 Å². The molecule has 2 aromatic rings. The number of aryl methyl sites for hydroxylation is 1. The van der Waals surface area contributed by atoms with Gasteiger partial charge in [0, 0.05) is 32.1 Å². The second-order valence-electron chi connectivity index (χ2n) is 6.12. The van der Waals surface area contributed by atoms with E-state index >= 15 is 0 Å². The van der Waals surface area contributed by atoms with Crippen molar-refractivity contribution in [2.24, 2.45) is 14.1 Å². The molecule has 1 aromatic heterocycles. The zero-order chi connectivity index (χ0) is 19.7. The van der Waals surface area contributed by atoms with Gasteiger partial charge < -0.3 is 19.9 Å². The van der Waals surface area contributed by atoms with Crippen LogP contribution in [0.1, 0.15) is 12.5 Å². The molecule has 9 nitrogen and oxygen atoms in total. The Morgan fingerprint density at radius 2 is 2.00 bits per heavy atom. The maximum absolute atomic E-state index is 12.1. The predicted octanol–water partition coefficient (Wildman–Crippen LogP) is 0.455. The van der Waals surface area contributed by atoms with Crippen LogP contribution >= 0.6 is 0 Å². The van der Waals surface area contributed by atoms with Crippen LogP contribution < -0.4 is 26.6 Å². The SMILES string of the molecule is CC1Oc2ccc(NC(=O)/C=C/c3cn(C)c(=O)n(C)c3=O)cc2NC1=O. The average molecular weight is 370 g/mol. The molecule has 140 valence electrons. The topological polar surface area (TPSA) is 111 Å². The van der Waals surface area contributed by atoms with Crippen molar-refractivity contribution in [3.05, 3.63) is 56.9 Å². The molecule has 1 aliphatic rings. The van der Waals surface area contributed by atoms with Crippen molar-refractivity contribution in [2.45, 2.75) is 13.0 Å². The Bertz CT molecular complexity index is 1080. The summed E-state index contributed by atoms with van der Waals surface area (Å²) in [6, 6.07) is 4.86. The minimum Gasteiger partial charge on any atom is -0.479 e. The van der Waals surface area contributed by atoms with Gasteiger partial charge in [0.05, 0.1) is 11.3 Å². The number of carbonyl (C=O) groups excluding carboxylic acids is 2. The summed E-state index contributed by atoms with van der Waals surface area (Å²) in [5, 5.41) is 5.34. The normalized spacial score (nSPS) is 15.8. The number of hydrogen-bond acceptors (Lipinski definition) is 5. The van der Waals surface area contributed by atoms with Crippen molar-refractivity contribution in [1.82, 2.24) is 9.13 Å². The number of nitrogens with one attached hydrogen (secondary N) is 2. The highest BCUT2D eigenvalue weighted by Crippen LogP contribution is 2.32. The number of carbonyl (C=O) groups is 2. The van der Waals surface area contributed by atoms with E-state index in [0.29, 0.717) is 17.1 Å². The number of rotatable bonds is 3. The molecular formula is C18H18N4O5. The minimum absolute atomic E-state index is 0.204. The van der Waals surface area contributed by atoms with Gasteiger partial charge in [0.1, 0.15) is 5.75 Å². The zero-order valence-corrected chi connectivity index (χ0v) is 15.0. The van der Waals surface area contributed by atoms with Crippen LogP contribution in [0.15, 0.2) is 40.1 Å². The monoisotopic (exact) mass is 370 g/mol. The predicted molar refractivity (Wildman–Crippen MR) is 99.7 cm³/mol. The molecule has 0 fully saturated rings. The Balaban J connectivity index is 1.76. The van der Waals surface area contributed by atoms with Crippen LogP contribution in [-0.4, -0.2) is 27.1 Å². The van der Waals surface area contributed by atoms with Crippen molar-refractivity contribution >= 4 is 29.3 Å². The van der Waals surface area contributed by atoms with E-state index in [0.717, 1.165) is 4.57 Å². The third kappa shape index (κ3) is 3.66. The van der Waals surface area contributed by atoms with Crippen LogP contribution in [-0.2, 0) is 23.7 Å². The molecule has 0 bridgehead atoms. The van der Waals surface area contributed by atoms with Crippen molar-refractivity contribution < 1.29 is 14.3 Å². The fourth-order valence-electron chi connectivity index (χ4n) is 2.59. The highest BCUT2D eigenvalue weighted by Gasteiger charge is 2.23. The molecular weight excluding hydrogens is 352 g/mol. The fraction of sp³-hybridized carbons (Fsp3) is 0.222. The van der Waals surface area contributed by atoms with Gasteiger partial charge in [-0.3, -0.25) is 19.0 Å². The van der Waals surface area contributed by atoms with Crippen LogP contribution in [0.25, 0.3) is 6.08 Å². The number of ether oxygens (including phenoxy) is 1. The minimum atomic E-state index is -0.578. The van der Waals surface area contributed by atoms with Crippen molar-refractivity contribution in [2.75, 3.05) is 10.6 Å². The molecule has 1 unspecified atom stereocenters. The van der Waals surface area contributed by atoms with Gasteiger partial charge in [0.15, 0.2) is 6.10 Å². The average Bonchev–Trinajstić information content (AvgIpc) is 2.63. The Morgan fingerprint density at radius 3 is 2.74 bits per heavy atom. The molecule has 0 saturated carbocycles. The Hall–Kier alpha value is -3.62. The highest BCUT2D eigenvalue weighted by molar-refractivity contribution is 6.03. The number of anilines is 2. The second kappa shape index (κ2) is 6.94. The first-order valence-corrected chi connectivity index (χ1v) is 8.13. The van der Waals surface area contributed by atoms with E-state index in [1.165, 1.54) is 37.0 Å². The van der Waals surface area contributed by atoms with Gasteiger partial charge in [0.25, 0.3) is 11.5 Å². The van der Waals surface area contributed by atoms with E-state index in [1.807, 2.05) is 0 Å². The van der Waals surface area contributed by atoms with Gasteiger partial charge in [0.2, 0.25) is 5.91 Å². The second-order valence-corrected chi connectivity index (χ2v) is 6.12. The quantitative estimate of drug-likeness (QED) is 0.763. The summed E-state index contributed by atoms with van der Waals surface area (Å²) >= 11 is 0. The van der Waals surface area contributed by atoms with Gasteiger partial charge in [-0.2, -0.15) is 0 Å². The lowest BCUT2D eigenvalue weighted by Gasteiger charge is -2.23. The summed E-state index contributed by atoms with van der Waals surface area (Å²) in [6.07, 6.45) is 3.31. The first-order valence-electron chi connectivity index (χ1n) is 8.13. The number of nitrogens with zero attached hydrogens (tertiary/aromatic N) is 2. The molecule has 2 heterocycles. The van der Waals surface area contributed by atoms with E-state index < -0.39 is 23.3 Å². The molecule has 1 atom stereocenters. The van der Waals surface area contributed by atoms with E-state index in [4.69, 9.17) is 4.74 Å². The molecule has 9 heteroatoms. The van der Waals surface area contributed by atoms with E-state index in [9.17, 15) is 19.2 Å². The van der Waals surface area contributed by atoms with Gasteiger partial charge in [-0.25, -0.2) is 4.79 Å². The van der Waals surface area contributed by atoms with Crippen LogP contribution in [0.5, 0.6) is 5.75 Å². The largest absolute Gasteiger partial charge is 0.479 e. The molecule has 27 heavy (non-hydrogen) atoms. The summed E-state index contributed by atoms with van der Waals surface area (Å²) < 4.78 is 7.67. The lowest BCUT2D eigenvalue weighted by Crippen LogP contribution is -2.37. The molecule has 2 N–H and O–H groups in total. The summed E-state index contributed by atoms with van der Waals surface area (Å²) in [5.74, 6) is -0.219. The zero-order valence-electron chi connectivity index (χ0n) is 15.0. The maximum atomic E-state index is 12.1. The lowest BCUT2D eigenvalue weighted by atomic mass is 10.2. The number of aromatic nitrogens is 2. The highest BCUT2D eigenvalue weighted by atomic mass is 16.5. The van der Waals surface area contributed by atoms with Crippen molar-refractivity contribution in [3.8, 4) is 5.75 Å². The first-order chi connectivity index (χ1) is 12.8. The maximum Gasteiger partial charge on any atom is 0.330 e. The van der Waals surface area contributed by atoms with Crippen LogP contribution in [0.4, 0.5) is 11.4 Å². The van der Waals surface area contributed by atoms with Crippen LogP contribution in [0.2, 0.25) is 0 Å². The number of fused-ring (bicyclic) bond motifs is 1. The van der Waals surface area contributed by atoms with Crippen LogP contribution in [0, 0.1) is 0 Å². The van der Waals surface area contributed by atoms with Gasteiger partial charge in [-0.1, -0.05) is 0 Å². The Labute approximate surface area is 153 Å². The standard InChI is InChI=1S/C18H18N4O5/c1-10-16(24)20-13-8-12(5-6-14(13)27-10)19-15(23)7-4-11-9-21(2)18(26)22(3)17(11)25/h4-10H,1-3H3,(H,19,23)(H,20,24)/b7-4+. The van der Waals surface area contributed by atoms with Gasteiger partial charge in [-0.05, 0) is 31.2 Å². The molecule has 0 aliphatic carbocycles. The van der Waals surface area contributed by atoms with Crippen LogP contribution in [0.3, 0.4) is 0 Å².